The Morgan fingerprint density at radius 3 is 3.00 bits per heavy atom. The van der Waals surface area contributed by atoms with Crippen LogP contribution in [0.4, 0.5) is 0 Å². The van der Waals surface area contributed by atoms with Gasteiger partial charge in [-0.1, -0.05) is 6.92 Å². The molecule has 2 N–H and O–H groups in total. The number of aromatic nitrogens is 4. The van der Waals surface area contributed by atoms with Crippen LogP contribution in [0.25, 0.3) is 0 Å². The second-order valence-corrected chi connectivity index (χ2v) is 3.06. The van der Waals surface area contributed by atoms with E-state index in [1.807, 2.05) is 0 Å². The fourth-order valence-electron chi connectivity index (χ4n) is 1.07. The van der Waals surface area contributed by atoms with Crippen LogP contribution in [-0.4, -0.2) is 45.7 Å². The molecule has 15 heavy (non-hydrogen) atoms. The van der Waals surface area contributed by atoms with Crippen molar-refractivity contribution >= 4 is 5.91 Å². The van der Waals surface area contributed by atoms with Gasteiger partial charge in [0.05, 0.1) is 0 Å². The van der Waals surface area contributed by atoms with E-state index in [-0.39, 0.29) is 12.5 Å². The minimum absolute atomic E-state index is 0.0706. The van der Waals surface area contributed by atoms with Crippen LogP contribution in [0.2, 0.25) is 0 Å². The summed E-state index contributed by atoms with van der Waals surface area (Å²) in [7, 11) is 0. The molecule has 1 aromatic rings. The Labute approximate surface area is 88.2 Å². The van der Waals surface area contributed by atoms with E-state index in [4.69, 9.17) is 0 Å². The average molecular weight is 212 g/mol. The van der Waals surface area contributed by atoms with Crippen molar-refractivity contribution in [2.45, 2.75) is 19.9 Å². The second-order valence-electron chi connectivity index (χ2n) is 3.06. The van der Waals surface area contributed by atoms with E-state index in [2.05, 4.69) is 33.1 Å². The fraction of sp³-hybridized carbons (Fsp3) is 0.750. The zero-order valence-corrected chi connectivity index (χ0v) is 8.81. The number of carbonyl (C=O) groups excluding carboxylic acids is 1. The number of tetrazole rings is 1. The Balaban J connectivity index is 2.04. The maximum absolute atomic E-state index is 11.3. The molecule has 0 radical (unpaired) electrons. The summed E-state index contributed by atoms with van der Waals surface area (Å²) in [5, 5.41) is 16.4. The van der Waals surface area contributed by atoms with Crippen molar-refractivity contribution in [3.05, 3.63) is 6.33 Å². The van der Waals surface area contributed by atoms with Crippen molar-refractivity contribution in [2.75, 3.05) is 19.6 Å². The van der Waals surface area contributed by atoms with Gasteiger partial charge in [-0.2, -0.15) is 0 Å². The van der Waals surface area contributed by atoms with Gasteiger partial charge < -0.3 is 10.6 Å². The lowest BCUT2D eigenvalue weighted by molar-refractivity contribution is -0.121. The van der Waals surface area contributed by atoms with Crippen LogP contribution in [0.5, 0.6) is 0 Å². The molecule has 0 unspecified atom stereocenters. The first-order chi connectivity index (χ1) is 7.33. The standard InChI is InChI=1S/C8H16N6O/c1-2-9-4-3-5-10-8(15)6-14-7-11-12-13-14/h7,9H,2-6H2,1H3,(H,10,15). The van der Waals surface area contributed by atoms with Crippen molar-refractivity contribution in [3.8, 4) is 0 Å². The molecule has 0 fully saturated rings. The number of hydrogen-bond donors (Lipinski definition) is 2. The Kier molecular flexibility index (Phi) is 5.31. The highest BCUT2D eigenvalue weighted by molar-refractivity contribution is 5.75. The maximum Gasteiger partial charge on any atom is 0.241 e. The molecule has 1 amide bonds. The van der Waals surface area contributed by atoms with E-state index in [1.165, 1.54) is 11.0 Å². The lowest BCUT2D eigenvalue weighted by atomic mass is 10.4. The minimum atomic E-state index is -0.0706. The molecule has 0 aromatic carbocycles. The number of nitrogens with zero attached hydrogens (tertiary/aromatic N) is 4. The summed E-state index contributed by atoms with van der Waals surface area (Å²) >= 11 is 0. The van der Waals surface area contributed by atoms with Crippen LogP contribution < -0.4 is 10.6 Å². The van der Waals surface area contributed by atoms with E-state index in [1.54, 1.807) is 0 Å². The van der Waals surface area contributed by atoms with Crippen LogP contribution in [0.3, 0.4) is 0 Å². The maximum atomic E-state index is 11.3. The molecule has 7 heteroatoms. The topological polar surface area (TPSA) is 84.7 Å². The largest absolute Gasteiger partial charge is 0.354 e. The van der Waals surface area contributed by atoms with Gasteiger partial charge in [0, 0.05) is 6.54 Å². The van der Waals surface area contributed by atoms with Gasteiger partial charge in [-0.3, -0.25) is 4.79 Å². The molecule has 0 spiro atoms. The average Bonchev–Trinajstić information content (AvgIpc) is 2.70. The van der Waals surface area contributed by atoms with Crippen LogP contribution in [0.15, 0.2) is 6.33 Å². The molecule has 0 aliphatic rings. The Morgan fingerprint density at radius 2 is 2.33 bits per heavy atom. The molecule has 1 rings (SSSR count). The summed E-state index contributed by atoms with van der Waals surface area (Å²) in [5.41, 5.74) is 0. The van der Waals surface area contributed by atoms with Crippen molar-refractivity contribution in [2.24, 2.45) is 0 Å². The molecule has 0 saturated heterocycles. The third-order valence-corrected chi connectivity index (χ3v) is 1.80. The predicted octanol–water partition coefficient (Wildman–Crippen LogP) is -1.21. The minimum Gasteiger partial charge on any atom is -0.354 e. The number of rotatable bonds is 7. The van der Waals surface area contributed by atoms with Crippen LogP contribution in [0, 0.1) is 0 Å². The van der Waals surface area contributed by atoms with Gasteiger partial charge in [-0.15, -0.1) is 5.10 Å². The number of amides is 1. The third-order valence-electron chi connectivity index (χ3n) is 1.80. The van der Waals surface area contributed by atoms with E-state index in [0.29, 0.717) is 6.54 Å². The van der Waals surface area contributed by atoms with E-state index < -0.39 is 0 Å². The van der Waals surface area contributed by atoms with Crippen molar-refractivity contribution in [1.29, 1.82) is 0 Å². The number of hydrogen-bond acceptors (Lipinski definition) is 5. The fourth-order valence-corrected chi connectivity index (χ4v) is 1.07. The Morgan fingerprint density at radius 1 is 1.47 bits per heavy atom. The molecule has 1 aromatic heterocycles. The molecule has 1 heterocycles. The van der Waals surface area contributed by atoms with Gasteiger partial charge in [-0.25, -0.2) is 4.68 Å². The molecular formula is C8H16N6O. The van der Waals surface area contributed by atoms with Gasteiger partial charge in [0.2, 0.25) is 5.91 Å². The predicted molar refractivity (Wildman–Crippen MR) is 54.0 cm³/mol. The molecule has 0 atom stereocenters. The normalized spacial score (nSPS) is 10.2. The van der Waals surface area contributed by atoms with Crippen LogP contribution in [0.1, 0.15) is 13.3 Å². The summed E-state index contributed by atoms with van der Waals surface area (Å²) in [5.74, 6) is -0.0706. The molecule has 84 valence electrons. The molecule has 0 aliphatic carbocycles. The van der Waals surface area contributed by atoms with Gasteiger partial charge in [0.15, 0.2) is 0 Å². The highest BCUT2D eigenvalue weighted by atomic mass is 16.2. The first kappa shape index (κ1) is 11.6. The lowest BCUT2D eigenvalue weighted by Crippen LogP contribution is -2.30. The molecule has 0 saturated carbocycles. The van der Waals surface area contributed by atoms with E-state index in [9.17, 15) is 4.79 Å². The monoisotopic (exact) mass is 212 g/mol. The highest BCUT2D eigenvalue weighted by Gasteiger charge is 2.01. The van der Waals surface area contributed by atoms with Gasteiger partial charge in [0.1, 0.15) is 12.9 Å². The van der Waals surface area contributed by atoms with Crippen molar-refractivity contribution in [1.82, 2.24) is 30.8 Å². The molecule has 0 bridgehead atoms. The summed E-state index contributed by atoms with van der Waals surface area (Å²) in [6.07, 6.45) is 2.34. The molecule has 0 aliphatic heterocycles. The van der Waals surface area contributed by atoms with Gasteiger partial charge in [-0.05, 0) is 29.9 Å². The second kappa shape index (κ2) is 6.88. The zero-order chi connectivity index (χ0) is 10.9. The van der Waals surface area contributed by atoms with Crippen LogP contribution in [-0.2, 0) is 11.3 Å². The van der Waals surface area contributed by atoms with E-state index in [0.717, 1.165) is 19.5 Å². The van der Waals surface area contributed by atoms with Crippen LogP contribution >= 0.6 is 0 Å². The summed E-state index contributed by atoms with van der Waals surface area (Å²) in [6.45, 7) is 4.78. The van der Waals surface area contributed by atoms with Gasteiger partial charge >= 0.3 is 0 Å². The SMILES string of the molecule is CCNCCCNC(=O)Cn1cnnn1. The van der Waals surface area contributed by atoms with E-state index >= 15 is 0 Å². The first-order valence-corrected chi connectivity index (χ1v) is 5.01. The lowest BCUT2D eigenvalue weighted by Gasteiger charge is -2.04. The third kappa shape index (κ3) is 5.06. The van der Waals surface area contributed by atoms with Crippen molar-refractivity contribution < 1.29 is 4.79 Å². The quantitative estimate of drug-likeness (QED) is 0.554. The Hall–Kier alpha value is -1.50. The van der Waals surface area contributed by atoms with Crippen molar-refractivity contribution in [3.63, 3.8) is 0 Å². The smallest absolute Gasteiger partial charge is 0.241 e. The molecule has 7 nitrogen and oxygen atoms in total. The molecular weight excluding hydrogens is 196 g/mol. The summed E-state index contributed by atoms with van der Waals surface area (Å²) in [4.78, 5) is 11.3. The summed E-state index contributed by atoms with van der Waals surface area (Å²) in [6, 6.07) is 0. The highest BCUT2D eigenvalue weighted by Crippen LogP contribution is 1.79. The summed E-state index contributed by atoms with van der Waals surface area (Å²) < 4.78 is 1.39. The number of carbonyl (C=O) groups is 1. The first-order valence-electron chi connectivity index (χ1n) is 5.01. The Bertz CT molecular complexity index is 273. The zero-order valence-electron chi connectivity index (χ0n) is 8.81. The number of nitrogens with one attached hydrogen (secondary N) is 2. The van der Waals surface area contributed by atoms with Gasteiger partial charge in [0.25, 0.3) is 0 Å².